The van der Waals surface area contributed by atoms with Gasteiger partial charge in [-0.2, -0.15) is 0 Å². The number of carbonyl (C=O) groups is 1. The third kappa shape index (κ3) is 2.19. The molecule has 5 heteroatoms. The van der Waals surface area contributed by atoms with Crippen molar-refractivity contribution in [3.05, 3.63) is 53.9 Å². The summed E-state index contributed by atoms with van der Waals surface area (Å²) < 4.78 is 14.7. The van der Waals surface area contributed by atoms with Gasteiger partial charge in [-0.25, -0.2) is 9.37 Å². The number of likely N-dealkylation sites (tertiary alicyclic amines) is 1. The van der Waals surface area contributed by atoms with Gasteiger partial charge in [-0.15, -0.1) is 0 Å². The molecule has 0 spiro atoms. The van der Waals surface area contributed by atoms with E-state index in [4.69, 9.17) is 0 Å². The molecule has 0 aliphatic carbocycles. The molecule has 0 N–H and O–H groups in total. The SMILES string of the molecule is Cn1ccnc1C(=O)N1CCC[C@@H]1c1ccc(F)cc1. The third-order valence-electron chi connectivity index (χ3n) is 3.78. The number of aryl methyl sites for hydroxylation is 1. The summed E-state index contributed by atoms with van der Waals surface area (Å²) in [7, 11) is 1.81. The van der Waals surface area contributed by atoms with E-state index in [-0.39, 0.29) is 17.8 Å². The fraction of sp³-hybridized carbons (Fsp3) is 0.333. The number of hydrogen-bond acceptors (Lipinski definition) is 2. The van der Waals surface area contributed by atoms with Crippen LogP contribution in [0.25, 0.3) is 0 Å². The van der Waals surface area contributed by atoms with E-state index < -0.39 is 0 Å². The van der Waals surface area contributed by atoms with Gasteiger partial charge < -0.3 is 9.47 Å². The van der Waals surface area contributed by atoms with Crippen LogP contribution in [0.5, 0.6) is 0 Å². The van der Waals surface area contributed by atoms with Crippen molar-refractivity contribution >= 4 is 5.91 Å². The lowest BCUT2D eigenvalue weighted by atomic mass is 10.0. The molecule has 104 valence electrons. The number of imidazole rings is 1. The Morgan fingerprint density at radius 2 is 2.10 bits per heavy atom. The summed E-state index contributed by atoms with van der Waals surface area (Å²) in [4.78, 5) is 18.5. The summed E-state index contributed by atoms with van der Waals surface area (Å²) in [6.45, 7) is 0.716. The predicted molar refractivity (Wildman–Crippen MR) is 72.6 cm³/mol. The molecule has 2 aromatic rings. The van der Waals surface area contributed by atoms with Crippen LogP contribution in [0.4, 0.5) is 4.39 Å². The molecule has 1 aromatic carbocycles. The average molecular weight is 273 g/mol. The van der Waals surface area contributed by atoms with Gasteiger partial charge in [-0.3, -0.25) is 4.79 Å². The molecule has 3 rings (SSSR count). The number of hydrogen-bond donors (Lipinski definition) is 0. The van der Waals surface area contributed by atoms with Crippen LogP contribution in [0.15, 0.2) is 36.7 Å². The Balaban J connectivity index is 1.87. The molecule has 1 fully saturated rings. The predicted octanol–water partition coefficient (Wildman–Crippen LogP) is 2.54. The maximum atomic E-state index is 13.0. The van der Waals surface area contributed by atoms with Gasteiger partial charge in [0.05, 0.1) is 6.04 Å². The minimum absolute atomic E-state index is 0.0137. The molecule has 1 amide bonds. The third-order valence-corrected chi connectivity index (χ3v) is 3.78. The fourth-order valence-corrected chi connectivity index (χ4v) is 2.74. The number of benzene rings is 1. The van der Waals surface area contributed by atoms with Crippen LogP contribution in [-0.2, 0) is 7.05 Å². The van der Waals surface area contributed by atoms with E-state index >= 15 is 0 Å². The summed E-state index contributed by atoms with van der Waals surface area (Å²) in [6.07, 6.45) is 5.24. The maximum Gasteiger partial charge on any atom is 0.290 e. The van der Waals surface area contributed by atoms with Crippen LogP contribution >= 0.6 is 0 Å². The van der Waals surface area contributed by atoms with Crippen molar-refractivity contribution < 1.29 is 9.18 Å². The molecule has 1 atom stereocenters. The minimum Gasteiger partial charge on any atom is -0.330 e. The quantitative estimate of drug-likeness (QED) is 0.843. The van der Waals surface area contributed by atoms with Gasteiger partial charge in [0.1, 0.15) is 5.82 Å². The summed E-state index contributed by atoms with van der Waals surface area (Å²) in [5, 5.41) is 0. The van der Waals surface area contributed by atoms with Crippen LogP contribution < -0.4 is 0 Å². The van der Waals surface area contributed by atoms with Crippen LogP contribution in [0.1, 0.15) is 35.1 Å². The second-order valence-electron chi connectivity index (χ2n) is 5.07. The van der Waals surface area contributed by atoms with Gasteiger partial charge in [-0.1, -0.05) is 12.1 Å². The molecule has 0 radical (unpaired) electrons. The molecule has 4 nitrogen and oxygen atoms in total. The lowest BCUT2D eigenvalue weighted by Crippen LogP contribution is -2.32. The van der Waals surface area contributed by atoms with E-state index in [1.807, 2.05) is 11.9 Å². The van der Waals surface area contributed by atoms with Crippen LogP contribution in [-0.4, -0.2) is 26.9 Å². The van der Waals surface area contributed by atoms with Crippen LogP contribution in [0, 0.1) is 5.82 Å². The smallest absolute Gasteiger partial charge is 0.290 e. The topological polar surface area (TPSA) is 38.1 Å². The van der Waals surface area contributed by atoms with E-state index in [1.54, 1.807) is 29.1 Å². The molecule has 20 heavy (non-hydrogen) atoms. The second-order valence-corrected chi connectivity index (χ2v) is 5.07. The molecule has 0 bridgehead atoms. The number of halogens is 1. The number of nitrogens with zero attached hydrogens (tertiary/aromatic N) is 3. The summed E-state index contributed by atoms with van der Waals surface area (Å²) in [6, 6.07) is 6.40. The highest BCUT2D eigenvalue weighted by Crippen LogP contribution is 2.32. The van der Waals surface area contributed by atoms with E-state index in [1.165, 1.54) is 12.1 Å². The number of aromatic nitrogens is 2. The fourth-order valence-electron chi connectivity index (χ4n) is 2.74. The van der Waals surface area contributed by atoms with Gasteiger partial charge in [0.25, 0.3) is 5.91 Å². The highest BCUT2D eigenvalue weighted by atomic mass is 19.1. The van der Waals surface area contributed by atoms with Crippen molar-refractivity contribution in [2.24, 2.45) is 7.05 Å². The zero-order valence-corrected chi connectivity index (χ0v) is 11.3. The van der Waals surface area contributed by atoms with Crippen molar-refractivity contribution in [2.45, 2.75) is 18.9 Å². The molecule has 0 unspecified atom stereocenters. The summed E-state index contributed by atoms with van der Waals surface area (Å²) in [5.41, 5.74) is 0.978. The Morgan fingerprint density at radius 3 is 2.75 bits per heavy atom. The van der Waals surface area contributed by atoms with Crippen molar-refractivity contribution in [1.82, 2.24) is 14.5 Å². The molecular weight excluding hydrogens is 257 g/mol. The Kier molecular flexibility index (Phi) is 3.26. The normalized spacial score (nSPS) is 18.5. The summed E-state index contributed by atoms with van der Waals surface area (Å²) >= 11 is 0. The zero-order chi connectivity index (χ0) is 14.1. The van der Waals surface area contributed by atoms with Gasteiger partial charge in [0.15, 0.2) is 5.82 Å². The Bertz CT molecular complexity index is 620. The Morgan fingerprint density at radius 1 is 1.35 bits per heavy atom. The molecule has 1 aromatic heterocycles. The Hall–Kier alpha value is -2.17. The monoisotopic (exact) mass is 273 g/mol. The van der Waals surface area contributed by atoms with Gasteiger partial charge in [-0.05, 0) is 30.5 Å². The maximum absolute atomic E-state index is 13.0. The molecule has 0 saturated carbocycles. The number of rotatable bonds is 2. The van der Waals surface area contributed by atoms with Gasteiger partial charge >= 0.3 is 0 Å². The van der Waals surface area contributed by atoms with Gasteiger partial charge in [0, 0.05) is 26.0 Å². The lowest BCUT2D eigenvalue weighted by Gasteiger charge is -2.24. The highest BCUT2D eigenvalue weighted by molar-refractivity contribution is 5.91. The van der Waals surface area contributed by atoms with E-state index in [0.29, 0.717) is 12.4 Å². The van der Waals surface area contributed by atoms with E-state index in [2.05, 4.69) is 4.98 Å². The van der Waals surface area contributed by atoms with E-state index in [9.17, 15) is 9.18 Å². The van der Waals surface area contributed by atoms with E-state index in [0.717, 1.165) is 18.4 Å². The van der Waals surface area contributed by atoms with Gasteiger partial charge in [0.2, 0.25) is 0 Å². The van der Waals surface area contributed by atoms with Crippen LogP contribution in [0.2, 0.25) is 0 Å². The largest absolute Gasteiger partial charge is 0.330 e. The molecule has 2 heterocycles. The standard InChI is InChI=1S/C15H16FN3O/c1-18-10-8-17-14(18)15(20)19-9-2-3-13(19)11-4-6-12(16)7-5-11/h4-8,10,13H,2-3,9H2,1H3/t13-/m1/s1. The number of amides is 1. The Labute approximate surface area is 116 Å². The second kappa shape index (κ2) is 5.07. The molecule has 1 aliphatic rings. The first-order valence-electron chi connectivity index (χ1n) is 6.70. The highest BCUT2D eigenvalue weighted by Gasteiger charge is 2.32. The minimum atomic E-state index is -0.256. The molecule has 1 aliphatic heterocycles. The number of carbonyl (C=O) groups excluding carboxylic acids is 1. The zero-order valence-electron chi connectivity index (χ0n) is 11.3. The van der Waals surface area contributed by atoms with Crippen molar-refractivity contribution in [2.75, 3.05) is 6.54 Å². The van der Waals surface area contributed by atoms with Crippen LogP contribution in [0.3, 0.4) is 0 Å². The molecular formula is C15H16FN3O. The first-order valence-corrected chi connectivity index (χ1v) is 6.70. The lowest BCUT2D eigenvalue weighted by molar-refractivity contribution is 0.0719. The first-order chi connectivity index (χ1) is 9.66. The average Bonchev–Trinajstić information content (AvgIpc) is 3.07. The van der Waals surface area contributed by atoms with Crippen molar-refractivity contribution in [1.29, 1.82) is 0 Å². The summed E-state index contributed by atoms with van der Waals surface area (Å²) in [5.74, 6) is 0.122. The first kappa shape index (κ1) is 12.8. The van der Waals surface area contributed by atoms with Crippen molar-refractivity contribution in [3.8, 4) is 0 Å². The van der Waals surface area contributed by atoms with Crippen molar-refractivity contribution in [3.63, 3.8) is 0 Å². The molecule has 1 saturated heterocycles.